The summed E-state index contributed by atoms with van der Waals surface area (Å²) in [6.45, 7) is 2.02. The van der Waals surface area contributed by atoms with Crippen molar-refractivity contribution in [1.29, 1.82) is 0 Å². The molecule has 0 heterocycles. The lowest BCUT2D eigenvalue weighted by atomic mass is 10.2. The predicted octanol–water partition coefficient (Wildman–Crippen LogP) is 3.24. The Morgan fingerprint density at radius 1 is 1.26 bits per heavy atom. The summed E-state index contributed by atoms with van der Waals surface area (Å²) in [5, 5.41) is 9.20. The van der Waals surface area contributed by atoms with Crippen molar-refractivity contribution in [3.63, 3.8) is 0 Å². The number of aromatic carboxylic acids is 1. The fraction of sp³-hybridized carbons (Fsp3) is 0.133. The minimum Gasteiger partial charge on any atom is -0.492 e. The highest BCUT2D eigenvalue weighted by molar-refractivity contribution is 7.92. The van der Waals surface area contributed by atoms with E-state index in [1.165, 1.54) is 42.5 Å². The number of carbonyl (C=O) groups is 1. The highest BCUT2D eigenvalue weighted by Gasteiger charge is 2.21. The molecule has 0 saturated heterocycles. The summed E-state index contributed by atoms with van der Waals surface area (Å²) >= 11 is 5.87. The van der Waals surface area contributed by atoms with Crippen LogP contribution < -0.4 is 9.46 Å². The van der Waals surface area contributed by atoms with Crippen LogP contribution in [0, 0.1) is 0 Å². The van der Waals surface area contributed by atoms with E-state index in [1.807, 2.05) is 0 Å². The number of carboxylic acid groups (broad SMARTS) is 1. The molecule has 0 aliphatic carbocycles. The van der Waals surface area contributed by atoms with Crippen molar-refractivity contribution in [1.82, 2.24) is 0 Å². The summed E-state index contributed by atoms with van der Waals surface area (Å²) < 4.78 is 32.7. The van der Waals surface area contributed by atoms with E-state index in [0.717, 1.165) is 0 Å². The molecule has 2 aromatic carbocycles. The largest absolute Gasteiger partial charge is 0.492 e. The van der Waals surface area contributed by atoms with E-state index < -0.39 is 16.0 Å². The van der Waals surface area contributed by atoms with Gasteiger partial charge in [-0.1, -0.05) is 17.7 Å². The monoisotopic (exact) mass is 355 g/mol. The fourth-order valence-electron chi connectivity index (χ4n) is 1.89. The van der Waals surface area contributed by atoms with Crippen molar-refractivity contribution in [3.05, 3.63) is 53.1 Å². The van der Waals surface area contributed by atoms with Crippen molar-refractivity contribution in [2.75, 3.05) is 11.3 Å². The summed E-state index contributed by atoms with van der Waals surface area (Å²) in [6, 6.07) is 9.76. The zero-order valence-electron chi connectivity index (χ0n) is 12.1. The molecule has 0 fully saturated rings. The minimum absolute atomic E-state index is 0.0266. The van der Waals surface area contributed by atoms with E-state index in [4.69, 9.17) is 21.4 Å². The summed E-state index contributed by atoms with van der Waals surface area (Å²) in [5.41, 5.74) is 0.105. The van der Waals surface area contributed by atoms with E-state index in [2.05, 4.69) is 4.72 Å². The molecule has 0 atom stereocenters. The molecule has 0 spiro atoms. The van der Waals surface area contributed by atoms with Crippen LogP contribution in [-0.2, 0) is 10.0 Å². The number of benzene rings is 2. The number of ether oxygens (including phenoxy) is 1. The molecule has 2 aromatic rings. The van der Waals surface area contributed by atoms with Gasteiger partial charge in [-0.15, -0.1) is 0 Å². The maximum atomic E-state index is 12.5. The first kappa shape index (κ1) is 17.1. The van der Waals surface area contributed by atoms with Crippen LogP contribution in [0.5, 0.6) is 5.75 Å². The van der Waals surface area contributed by atoms with Crippen LogP contribution in [-0.4, -0.2) is 26.1 Å². The number of carboxylic acids is 1. The Hall–Kier alpha value is -2.25. The number of halogens is 1. The Bertz CT molecular complexity index is 836. The Kier molecular flexibility index (Phi) is 5.12. The molecule has 23 heavy (non-hydrogen) atoms. The van der Waals surface area contributed by atoms with Crippen LogP contribution in [0.1, 0.15) is 17.3 Å². The van der Waals surface area contributed by atoms with Crippen LogP contribution in [0.4, 0.5) is 5.69 Å². The first-order valence-corrected chi connectivity index (χ1v) is 8.48. The van der Waals surface area contributed by atoms with Crippen LogP contribution in [0.3, 0.4) is 0 Å². The molecule has 122 valence electrons. The number of anilines is 1. The third-order valence-corrected chi connectivity index (χ3v) is 4.49. The quantitative estimate of drug-likeness (QED) is 0.829. The maximum Gasteiger partial charge on any atom is 0.335 e. The molecular weight excluding hydrogens is 342 g/mol. The molecule has 0 unspecified atom stereocenters. The average Bonchev–Trinajstić information content (AvgIpc) is 2.49. The Morgan fingerprint density at radius 2 is 2.00 bits per heavy atom. The van der Waals surface area contributed by atoms with Gasteiger partial charge in [-0.3, -0.25) is 4.72 Å². The molecule has 0 aliphatic rings. The zero-order chi connectivity index (χ0) is 17.0. The Labute approximate surface area is 138 Å². The topological polar surface area (TPSA) is 92.7 Å². The van der Waals surface area contributed by atoms with Gasteiger partial charge in [0.1, 0.15) is 10.6 Å². The van der Waals surface area contributed by atoms with Gasteiger partial charge in [0, 0.05) is 10.7 Å². The molecule has 0 saturated carbocycles. The number of sulfonamides is 1. The van der Waals surface area contributed by atoms with Gasteiger partial charge in [0.15, 0.2) is 0 Å². The second kappa shape index (κ2) is 6.89. The highest BCUT2D eigenvalue weighted by atomic mass is 35.5. The van der Waals surface area contributed by atoms with Crippen molar-refractivity contribution in [2.45, 2.75) is 11.8 Å². The van der Waals surface area contributed by atoms with Crippen molar-refractivity contribution in [2.24, 2.45) is 0 Å². The summed E-state index contributed by atoms with van der Waals surface area (Å²) in [5.74, 6) is -0.984. The van der Waals surface area contributed by atoms with Gasteiger partial charge < -0.3 is 9.84 Å². The summed E-state index contributed by atoms with van der Waals surface area (Å²) in [6.07, 6.45) is 0. The van der Waals surface area contributed by atoms with E-state index in [0.29, 0.717) is 6.61 Å². The second-order valence-corrected chi connectivity index (χ2v) is 6.60. The van der Waals surface area contributed by atoms with E-state index in [1.54, 1.807) is 6.92 Å². The van der Waals surface area contributed by atoms with Gasteiger partial charge in [-0.05, 0) is 43.3 Å². The first-order chi connectivity index (χ1) is 10.8. The molecule has 0 aromatic heterocycles. The Morgan fingerprint density at radius 3 is 2.65 bits per heavy atom. The first-order valence-electron chi connectivity index (χ1n) is 6.62. The van der Waals surface area contributed by atoms with E-state index >= 15 is 0 Å². The van der Waals surface area contributed by atoms with Crippen molar-refractivity contribution < 1.29 is 23.1 Å². The summed E-state index contributed by atoms with van der Waals surface area (Å²) in [4.78, 5) is 10.8. The SMILES string of the molecule is CCOc1ccc(Cl)cc1S(=O)(=O)Nc1cccc(C(=O)O)c1. The van der Waals surface area contributed by atoms with Gasteiger partial charge in [0.2, 0.25) is 0 Å². The van der Waals surface area contributed by atoms with Gasteiger partial charge >= 0.3 is 5.97 Å². The zero-order valence-corrected chi connectivity index (χ0v) is 13.7. The minimum atomic E-state index is -3.98. The number of nitrogens with one attached hydrogen (secondary N) is 1. The third-order valence-electron chi connectivity index (χ3n) is 2.86. The van der Waals surface area contributed by atoms with Gasteiger partial charge in [0.05, 0.1) is 12.2 Å². The molecule has 0 radical (unpaired) electrons. The van der Waals surface area contributed by atoms with Crippen LogP contribution in [0.25, 0.3) is 0 Å². The smallest absolute Gasteiger partial charge is 0.335 e. The number of hydrogen-bond donors (Lipinski definition) is 2. The van der Waals surface area contributed by atoms with Gasteiger partial charge in [-0.2, -0.15) is 0 Å². The van der Waals surface area contributed by atoms with Gasteiger partial charge in [-0.25, -0.2) is 13.2 Å². The third kappa shape index (κ3) is 4.14. The molecular formula is C15H14ClNO5S. The molecule has 0 amide bonds. The Balaban J connectivity index is 2.41. The van der Waals surface area contributed by atoms with Crippen molar-refractivity contribution >= 4 is 33.3 Å². The molecule has 2 rings (SSSR count). The normalized spacial score (nSPS) is 11.0. The molecule has 0 bridgehead atoms. The van der Waals surface area contributed by atoms with E-state index in [-0.39, 0.29) is 26.9 Å². The van der Waals surface area contributed by atoms with E-state index in [9.17, 15) is 13.2 Å². The highest BCUT2D eigenvalue weighted by Crippen LogP contribution is 2.29. The summed E-state index contributed by atoms with van der Waals surface area (Å²) in [7, 11) is -3.98. The molecule has 6 nitrogen and oxygen atoms in total. The van der Waals surface area contributed by atoms with Gasteiger partial charge in [0.25, 0.3) is 10.0 Å². The number of hydrogen-bond acceptors (Lipinski definition) is 4. The maximum absolute atomic E-state index is 12.5. The van der Waals surface area contributed by atoms with Crippen LogP contribution in [0.2, 0.25) is 5.02 Å². The molecule has 8 heteroatoms. The van der Waals surface area contributed by atoms with Crippen molar-refractivity contribution in [3.8, 4) is 5.75 Å². The fourth-order valence-corrected chi connectivity index (χ4v) is 3.35. The second-order valence-electron chi connectivity index (χ2n) is 4.52. The number of rotatable bonds is 6. The lowest BCUT2D eigenvalue weighted by Crippen LogP contribution is -2.15. The lowest BCUT2D eigenvalue weighted by Gasteiger charge is -2.13. The average molecular weight is 356 g/mol. The molecule has 0 aliphatic heterocycles. The predicted molar refractivity (Wildman–Crippen MR) is 86.8 cm³/mol. The molecule has 2 N–H and O–H groups in total. The van der Waals surface area contributed by atoms with Crippen LogP contribution in [0.15, 0.2) is 47.4 Å². The lowest BCUT2D eigenvalue weighted by molar-refractivity contribution is 0.0697. The standard InChI is InChI=1S/C15H14ClNO5S/c1-2-22-13-7-6-11(16)9-14(13)23(20,21)17-12-5-3-4-10(8-12)15(18)19/h3-9,17H,2H2,1H3,(H,18,19). The van der Waals surface area contributed by atoms with Crippen LogP contribution >= 0.6 is 11.6 Å².